The fraction of sp³-hybridized carbons (Fsp3) is 0.667. The Morgan fingerprint density at radius 1 is 1.39 bits per heavy atom. The lowest BCUT2D eigenvalue weighted by atomic mass is 10.2. The summed E-state index contributed by atoms with van der Waals surface area (Å²) < 4.78 is 0. The molecule has 0 bridgehead atoms. The highest BCUT2D eigenvalue weighted by Crippen LogP contribution is 2.28. The number of hydrogen-bond donors (Lipinski definition) is 3. The minimum atomic E-state index is 0.515. The number of fused-ring (bicyclic) bond motifs is 1. The van der Waals surface area contributed by atoms with Crippen LogP contribution < -0.4 is 11.2 Å². The molecule has 3 rings (SSSR count). The van der Waals surface area contributed by atoms with Crippen molar-refractivity contribution in [3.8, 4) is 0 Å². The maximum atomic E-state index is 8.41. The van der Waals surface area contributed by atoms with E-state index >= 15 is 0 Å². The molecule has 0 amide bonds. The fourth-order valence-corrected chi connectivity index (χ4v) is 3.12. The molecule has 2 heterocycles. The first-order valence-electron chi connectivity index (χ1n) is 6.65. The van der Waals surface area contributed by atoms with Crippen LogP contribution in [0.1, 0.15) is 32.1 Å². The second-order valence-electron chi connectivity index (χ2n) is 5.05. The van der Waals surface area contributed by atoms with Crippen LogP contribution in [0, 0.1) is 5.41 Å². The summed E-state index contributed by atoms with van der Waals surface area (Å²) in [5.74, 6) is 1.55. The molecule has 1 aliphatic carbocycles. The molecule has 4 N–H and O–H groups in total. The molecular weight excluding hydrogens is 228 g/mol. The van der Waals surface area contributed by atoms with E-state index in [0.29, 0.717) is 18.5 Å². The van der Waals surface area contributed by atoms with Gasteiger partial charge in [-0.05, 0) is 12.8 Å². The predicted octanol–water partition coefficient (Wildman–Crippen LogP) is 0.588. The number of nitrogens with one attached hydrogen (secondary N) is 2. The van der Waals surface area contributed by atoms with Crippen LogP contribution in [-0.4, -0.2) is 40.7 Å². The number of hydrazone groups is 1. The van der Waals surface area contributed by atoms with Crippen LogP contribution >= 0.6 is 0 Å². The second-order valence-corrected chi connectivity index (χ2v) is 5.05. The van der Waals surface area contributed by atoms with Gasteiger partial charge in [0.2, 0.25) is 0 Å². The Balaban J connectivity index is 1.87. The summed E-state index contributed by atoms with van der Waals surface area (Å²) >= 11 is 0. The van der Waals surface area contributed by atoms with Crippen LogP contribution in [0.4, 0.5) is 0 Å². The lowest BCUT2D eigenvalue weighted by Gasteiger charge is -2.30. The SMILES string of the molecule is N=C1/C(=C\N)N2CNN=C2CCN1C1CCCC1. The average Bonchev–Trinajstić information content (AvgIpc) is 3.01. The molecule has 0 atom stereocenters. The number of nitrogens with zero attached hydrogens (tertiary/aromatic N) is 3. The standard InChI is InChI=1S/C12H20N6/c13-7-10-12(14)17(9-3-1-2-4-9)6-5-11-16-15-8-18(10)11/h7,9,14-15H,1-6,8,13H2/b10-7+,14-12?. The van der Waals surface area contributed by atoms with Crippen molar-refractivity contribution >= 4 is 11.7 Å². The van der Waals surface area contributed by atoms with E-state index in [0.717, 1.165) is 24.5 Å². The first-order chi connectivity index (χ1) is 8.81. The summed E-state index contributed by atoms with van der Waals surface area (Å²) in [5, 5.41) is 12.7. The lowest BCUT2D eigenvalue weighted by molar-refractivity contribution is 0.321. The van der Waals surface area contributed by atoms with Gasteiger partial charge in [0.1, 0.15) is 24.0 Å². The van der Waals surface area contributed by atoms with Crippen molar-refractivity contribution < 1.29 is 0 Å². The predicted molar refractivity (Wildman–Crippen MR) is 70.9 cm³/mol. The van der Waals surface area contributed by atoms with Crippen LogP contribution in [-0.2, 0) is 0 Å². The Morgan fingerprint density at radius 3 is 2.89 bits per heavy atom. The Kier molecular flexibility index (Phi) is 2.85. The number of nitrogens with two attached hydrogens (primary N) is 1. The maximum Gasteiger partial charge on any atom is 0.146 e. The molecule has 0 aromatic heterocycles. The van der Waals surface area contributed by atoms with E-state index in [1.165, 1.54) is 31.9 Å². The zero-order valence-electron chi connectivity index (χ0n) is 10.5. The van der Waals surface area contributed by atoms with E-state index in [9.17, 15) is 0 Å². The van der Waals surface area contributed by atoms with Gasteiger partial charge >= 0.3 is 0 Å². The van der Waals surface area contributed by atoms with Crippen molar-refractivity contribution in [3.05, 3.63) is 11.9 Å². The topological polar surface area (TPSA) is 80.7 Å². The Bertz CT molecular complexity index is 407. The number of hydrogen-bond acceptors (Lipinski definition) is 5. The van der Waals surface area contributed by atoms with Crippen LogP contribution in [0.5, 0.6) is 0 Å². The summed E-state index contributed by atoms with van der Waals surface area (Å²) in [7, 11) is 0. The molecule has 98 valence electrons. The molecule has 2 fully saturated rings. The largest absolute Gasteiger partial charge is 0.403 e. The Hall–Kier alpha value is -1.72. The lowest BCUT2D eigenvalue weighted by Crippen LogP contribution is -2.41. The molecule has 6 nitrogen and oxygen atoms in total. The van der Waals surface area contributed by atoms with Crippen molar-refractivity contribution in [2.24, 2.45) is 10.8 Å². The van der Waals surface area contributed by atoms with E-state index in [2.05, 4.69) is 15.4 Å². The van der Waals surface area contributed by atoms with Crippen LogP contribution in [0.15, 0.2) is 17.0 Å². The van der Waals surface area contributed by atoms with E-state index < -0.39 is 0 Å². The molecule has 0 aromatic carbocycles. The molecule has 6 heteroatoms. The van der Waals surface area contributed by atoms with E-state index in [4.69, 9.17) is 11.1 Å². The monoisotopic (exact) mass is 248 g/mol. The summed E-state index contributed by atoms with van der Waals surface area (Å²) in [4.78, 5) is 4.23. The van der Waals surface area contributed by atoms with Gasteiger partial charge in [-0.2, -0.15) is 5.10 Å². The first-order valence-corrected chi connectivity index (χ1v) is 6.65. The smallest absolute Gasteiger partial charge is 0.146 e. The van der Waals surface area contributed by atoms with Gasteiger partial charge in [0.05, 0.1) is 0 Å². The van der Waals surface area contributed by atoms with E-state index in [1.54, 1.807) is 0 Å². The molecule has 1 saturated heterocycles. The zero-order chi connectivity index (χ0) is 12.5. The van der Waals surface area contributed by atoms with Gasteiger partial charge in [-0.3, -0.25) is 10.8 Å². The summed E-state index contributed by atoms with van der Waals surface area (Å²) in [6.07, 6.45) is 7.38. The van der Waals surface area contributed by atoms with Gasteiger partial charge < -0.3 is 15.5 Å². The van der Waals surface area contributed by atoms with Gasteiger partial charge in [0.25, 0.3) is 0 Å². The molecule has 0 aromatic rings. The van der Waals surface area contributed by atoms with E-state index in [1.807, 2.05) is 4.90 Å². The number of rotatable bonds is 1. The molecule has 18 heavy (non-hydrogen) atoms. The molecule has 1 saturated carbocycles. The van der Waals surface area contributed by atoms with E-state index in [-0.39, 0.29) is 0 Å². The molecule has 3 aliphatic rings. The molecule has 0 spiro atoms. The van der Waals surface area contributed by atoms with Crippen LogP contribution in [0.3, 0.4) is 0 Å². The Morgan fingerprint density at radius 2 is 2.17 bits per heavy atom. The minimum absolute atomic E-state index is 0.515. The summed E-state index contributed by atoms with van der Waals surface area (Å²) in [6, 6.07) is 0.515. The van der Waals surface area contributed by atoms with Gasteiger partial charge in [0, 0.05) is 25.2 Å². The first kappa shape index (κ1) is 11.4. The third kappa shape index (κ3) is 1.72. The maximum absolute atomic E-state index is 8.41. The van der Waals surface area contributed by atoms with Crippen molar-refractivity contribution in [3.63, 3.8) is 0 Å². The average molecular weight is 248 g/mol. The normalized spacial score (nSPS) is 27.2. The van der Waals surface area contributed by atoms with Crippen molar-refractivity contribution in [1.29, 1.82) is 5.41 Å². The summed E-state index contributed by atoms with van der Waals surface area (Å²) in [6.45, 7) is 1.50. The van der Waals surface area contributed by atoms with Crippen LogP contribution in [0.25, 0.3) is 0 Å². The zero-order valence-corrected chi connectivity index (χ0v) is 10.5. The molecule has 0 unspecified atom stereocenters. The van der Waals surface area contributed by atoms with Crippen molar-refractivity contribution in [2.45, 2.75) is 38.1 Å². The third-order valence-corrected chi connectivity index (χ3v) is 4.07. The summed E-state index contributed by atoms with van der Waals surface area (Å²) in [5.41, 5.74) is 9.47. The minimum Gasteiger partial charge on any atom is -0.403 e. The quantitative estimate of drug-likeness (QED) is 0.634. The fourth-order valence-electron chi connectivity index (χ4n) is 3.12. The highest BCUT2D eigenvalue weighted by Gasteiger charge is 2.34. The van der Waals surface area contributed by atoms with Gasteiger partial charge in [0.15, 0.2) is 0 Å². The van der Waals surface area contributed by atoms with Crippen LogP contribution in [0.2, 0.25) is 0 Å². The second kappa shape index (κ2) is 4.51. The van der Waals surface area contributed by atoms with Crippen molar-refractivity contribution in [1.82, 2.24) is 15.2 Å². The molecule has 2 aliphatic heterocycles. The molecule has 0 radical (unpaired) electrons. The molecular formula is C12H20N6. The van der Waals surface area contributed by atoms with Gasteiger partial charge in [-0.25, -0.2) is 0 Å². The number of amidine groups is 2. The third-order valence-electron chi connectivity index (χ3n) is 4.07. The highest BCUT2D eigenvalue weighted by atomic mass is 15.5. The van der Waals surface area contributed by atoms with Crippen molar-refractivity contribution in [2.75, 3.05) is 13.2 Å². The van der Waals surface area contributed by atoms with Gasteiger partial charge in [-0.15, -0.1) is 0 Å². The van der Waals surface area contributed by atoms with Gasteiger partial charge in [-0.1, -0.05) is 12.8 Å². The highest BCUT2D eigenvalue weighted by molar-refractivity contribution is 6.02. The Labute approximate surface area is 107 Å².